The van der Waals surface area contributed by atoms with Crippen LogP contribution in [-0.4, -0.2) is 11.7 Å². The van der Waals surface area contributed by atoms with Crippen LogP contribution >= 0.6 is 11.6 Å². The minimum Gasteiger partial charge on any atom is -0.357 e. The predicted octanol–water partition coefficient (Wildman–Crippen LogP) is 5.64. The van der Waals surface area contributed by atoms with Gasteiger partial charge in [-0.25, -0.2) is 4.39 Å². The fourth-order valence-electron chi connectivity index (χ4n) is 4.38. The molecule has 4 rings (SSSR count). The maximum Gasteiger partial charge on any atom is 0.224 e. The highest BCUT2D eigenvalue weighted by Gasteiger charge is 2.44. The van der Waals surface area contributed by atoms with Gasteiger partial charge in [0.2, 0.25) is 5.91 Å². The highest BCUT2D eigenvalue weighted by Crippen LogP contribution is 2.49. The highest BCUT2D eigenvalue weighted by molar-refractivity contribution is 6.31. The van der Waals surface area contributed by atoms with Gasteiger partial charge in [-0.3, -0.25) is 14.5 Å². The summed E-state index contributed by atoms with van der Waals surface area (Å²) in [7, 11) is 0. The number of anilines is 2. The van der Waals surface area contributed by atoms with Crippen molar-refractivity contribution >= 4 is 34.7 Å². The smallest absolute Gasteiger partial charge is 0.224 e. The number of nitrogens with zero attached hydrogens (tertiary/aromatic N) is 1. The van der Waals surface area contributed by atoms with Gasteiger partial charge < -0.3 is 5.32 Å². The second-order valence-corrected chi connectivity index (χ2v) is 8.81. The molecule has 1 aliphatic carbocycles. The lowest BCUT2D eigenvalue weighted by Gasteiger charge is -2.37. The number of carbonyl (C=O) groups excluding carboxylic acids is 2. The standard InChI is InChI=1S/C23H22ClFN2O2/c1-13(28)27-18-10-5-4-9-16(18)26-17-11-23(2,3)12-19(29)21(17)22(27)20-14(24)7-6-8-15(20)25/h4-10,22,26H,11-12H2,1-3H3/t22-/m0/s1. The average Bonchev–Trinajstić information content (AvgIpc) is 2.74. The van der Waals surface area contributed by atoms with Crippen LogP contribution in [0.3, 0.4) is 0 Å². The summed E-state index contributed by atoms with van der Waals surface area (Å²) in [5.74, 6) is -0.945. The number of halogens is 2. The summed E-state index contributed by atoms with van der Waals surface area (Å²) in [4.78, 5) is 27.6. The zero-order valence-electron chi connectivity index (χ0n) is 16.6. The fraction of sp³-hybridized carbons (Fsp3) is 0.304. The van der Waals surface area contributed by atoms with Crippen molar-refractivity contribution in [3.8, 4) is 0 Å². The van der Waals surface area contributed by atoms with Gasteiger partial charge in [0.05, 0.1) is 17.4 Å². The normalized spacial score (nSPS) is 20.5. The van der Waals surface area contributed by atoms with Gasteiger partial charge in [-0.2, -0.15) is 0 Å². The van der Waals surface area contributed by atoms with E-state index in [1.165, 1.54) is 24.0 Å². The van der Waals surface area contributed by atoms with E-state index in [2.05, 4.69) is 5.32 Å². The van der Waals surface area contributed by atoms with Crippen LogP contribution in [0.4, 0.5) is 15.8 Å². The van der Waals surface area contributed by atoms with E-state index in [-0.39, 0.29) is 27.7 Å². The second-order valence-electron chi connectivity index (χ2n) is 8.40. The third kappa shape index (κ3) is 3.33. The van der Waals surface area contributed by atoms with E-state index in [0.717, 1.165) is 0 Å². The van der Waals surface area contributed by atoms with Crippen molar-refractivity contribution in [1.29, 1.82) is 0 Å². The Bertz CT molecular complexity index is 1040. The van der Waals surface area contributed by atoms with Crippen LogP contribution in [-0.2, 0) is 9.59 Å². The molecule has 6 heteroatoms. The summed E-state index contributed by atoms with van der Waals surface area (Å²) >= 11 is 6.42. The number of rotatable bonds is 1. The van der Waals surface area contributed by atoms with Crippen LogP contribution in [0.15, 0.2) is 53.7 Å². The monoisotopic (exact) mass is 412 g/mol. The Morgan fingerprint density at radius 1 is 1.17 bits per heavy atom. The van der Waals surface area contributed by atoms with Crippen LogP contribution in [0.25, 0.3) is 0 Å². The summed E-state index contributed by atoms with van der Waals surface area (Å²) in [6.07, 6.45) is 0.925. The zero-order chi connectivity index (χ0) is 20.9. The van der Waals surface area contributed by atoms with Crippen LogP contribution in [0.1, 0.15) is 45.2 Å². The van der Waals surface area contributed by atoms with E-state index in [1.54, 1.807) is 12.1 Å². The van der Waals surface area contributed by atoms with Gasteiger partial charge in [0.15, 0.2) is 5.78 Å². The molecule has 2 aliphatic rings. The molecule has 0 spiro atoms. The molecule has 0 aromatic heterocycles. The molecule has 29 heavy (non-hydrogen) atoms. The first-order chi connectivity index (χ1) is 13.7. The third-order valence-electron chi connectivity index (χ3n) is 5.51. The van der Waals surface area contributed by atoms with Crippen LogP contribution in [0, 0.1) is 11.2 Å². The first-order valence-corrected chi connectivity index (χ1v) is 9.93. The van der Waals surface area contributed by atoms with E-state index in [1.807, 2.05) is 32.0 Å². The lowest BCUT2D eigenvalue weighted by atomic mass is 9.73. The quantitative estimate of drug-likeness (QED) is 0.659. The lowest BCUT2D eigenvalue weighted by molar-refractivity contribution is -0.118. The van der Waals surface area contributed by atoms with Gasteiger partial charge in [-0.15, -0.1) is 0 Å². The predicted molar refractivity (Wildman–Crippen MR) is 112 cm³/mol. The molecule has 2 aromatic rings. The molecular formula is C23H22ClFN2O2. The number of fused-ring (bicyclic) bond motifs is 1. The van der Waals surface area contributed by atoms with E-state index < -0.39 is 11.9 Å². The minimum atomic E-state index is -0.934. The second kappa shape index (κ2) is 6.99. The topological polar surface area (TPSA) is 49.4 Å². The van der Waals surface area contributed by atoms with Crippen molar-refractivity contribution in [2.24, 2.45) is 5.41 Å². The molecule has 150 valence electrons. The summed E-state index contributed by atoms with van der Waals surface area (Å²) in [6.45, 7) is 5.48. The SMILES string of the molecule is CC(=O)N1c2ccccc2NC2=C(C(=O)CC(C)(C)C2)[C@@H]1c1c(F)cccc1Cl. The van der Waals surface area contributed by atoms with E-state index >= 15 is 4.39 Å². The molecular weight excluding hydrogens is 391 g/mol. The number of nitrogens with one attached hydrogen (secondary N) is 1. The number of benzene rings is 2. The van der Waals surface area contributed by atoms with Crippen LogP contribution in [0.5, 0.6) is 0 Å². The molecule has 0 bridgehead atoms. The Hall–Kier alpha value is -2.66. The summed E-state index contributed by atoms with van der Waals surface area (Å²) < 4.78 is 15.0. The Kier molecular flexibility index (Phi) is 4.74. The molecule has 1 amide bonds. The van der Waals surface area contributed by atoms with Gasteiger partial charge in [-0.1, -0.05) is 43.6 Å². The van der Waals surface area contributed by atoms with Crippen molar-refractivity contribution in [3.63, 3.8) is 0 Å². The van der Waals surface area contributed by atoms with E-state index in [9.17, 15) is 9.59 Å². The molecule has 1 heterocycles. The molecule has 0 saturated carbocycles. The molecule has 1 aliphatic heterocycles. The molecule has 1 atom stereocenters. The number of carbonyl (C=O) groups is 2. The summed E-state index contributed by atoms with van der Waals surface area (Å²) in [5, 5.41) is 3.56. The van der Waals surface area contributed by atoms with E-state index in [0.29, 0.717) is 35.5 Å². The molecule has 1 N–H and O–H groups in total. The maximum atomic E-state index is 15.0. The summed E-state index contributed by atoms with van der Waals surface area (Å²) in [6, 6.07) is 10.8. The number of para-hydroxylation sites is 2. The number of hydrogen-bond donors (Lipinski definition) is 1. The van der Waals surface area contributed by atoms with Crippen molar-refractivity contribution in [1.82, 2.24) is 0 Å². The zero-order valence-corrected chi connectivity index (χ0v) is 17.3. The highest BCUT2D eigenvalue weighted by atomic mass is 35.5. The Morgan fingerprint density at radius 3 is 2.59 bits per heavy atom. The number of ketones is 1. The van der Waals surface area contributed by atoms with Crippen molar-refractivity contribution in [2.75, 3.05) is 10.2 Å². The van der Waals surface area contributed by atoms with Crippen LogP contribution in [0.2, 0.25) is 5.02 Å². The molecule has 0 fully saturated rings. The fourth-order valence-corrected chi connectivity index (χ4v) is 4.65. The largest absolute Gasteiger partial charge is 0.357 e. The Morgan fingerprint density at radius 2 is 1.90 bits per heavy atom. The molecule has 0 unspecified atom stereocenters. The first kappa shape index (κ1) is 19.6. The Balaban J connectivity index is 2.07. The van der Waals surface area contributed by atoms with Crippen LogP contribution < -0.4 is 10.2 Å². The summed E-state index contributed by atoms with van der Waals surface area (Å²) in [5.41, 5.74) is 2.31. The van der Waals surface area contributed by atoms with Gasteiger partial charge >= 0.3 is 0 Å². The third-order valence-corrected chi connectivity index (χ3v) is 5.84. The molecule has 0 radical (unpaired) electrons. The number of amides is 1. The minimum absolute atomic E-state index is 0.105. The van der Waals surface area contributed by atoms with Gasteiger partial charge in [-0.05, 0) is 36.1 Å². The Labute approximate surface area is 174 Å². The number of hydrogen-bond acceptors (Lipinski definition) is 3. The van der Waals surface area contributed by atoms with E-state index in [4.69, 9.17) is 11.6 Å². The van der Waals surface area contributed by atoms with Crippen molar-refractivity contribution in [3.05, 3.63) is 70.1 Å². The van der Waals surface area contributed by atoms with Gasteiger partial charge in [0, 0.05) is 35.2 Å². The lowest BCUT2D eigenvalue weighted by Crippen LogP contribution is -2.39. The molecule has 4 nitrogen and oxygen atoms in total. The average molecular weight is 413 g/mol. The molecule has 2 aromatic carbocycles. The molecule has 0 saturated heterocycles. The number of allylic oxidation sites excluding steroid dienone is 1. The maximum absolute atomic E-state index is 15.0. The van der Waals surface area contributed by atoms with Gasteiger partial charge in [0.25, 0.3) is 0 Å². The van der Waals surface area contributed by atoms with Gasteiger partial charge in [0.1, 0.15) is 5.82 Å². The number of Topliss-reactive ketones (excluding diaryl/α,β-unsaturated/α-hetero) is 1. The van der Waals surface area contributed by atoms with Crippen molar-refractivity contribution < 1.29 is 14.0 Å². The first-order valence-electron chi connectivity index (χ1n) is 9.55. The van der Waals surface area contributed by atoms with Crippen molar-refractivity contribution in [2.45, 2.75) is 39.7 Å².